The largest absolute Gasteiger partial charge is 0.378 e. The maximum Gasteiger partial charge on any atom is 0.0169 e. The zero-order chi connectivity index (χ0) is 9.11. The summed E-state index contributed by atoms with van der Waals surface area (Å²) in [5.41, 5.74) is 0. The van der Waals surface area contributed by atoms with Crippen LogP contribution >= 0.6 is 0 Å². The van der Waals surface area contributed by atoms with E-state index in [1.54, 1.807) is 0 Å². The van der Waals surface area contributed by atoms with Gasteiger partial charge in [-0.3, -0.25) is 0 Å². The Morgan fingerprint density at radius 2 is 1.64 bits per heavy atom. The Morgan fingerprint density at radius 3 is 1.73 bits per heavy atom. The standard InChI is InChI=1S/C7H15N.C3H8/c1-4-7-8(5-2)6-3;1-3-2/h5H,2,4,6-7H2,1,3H3;3H2,1-2H3. The summed E-state index contributed by atoms with van der Waals surface area (Å²) >= 11 is 0. The van der Waals surface area contributed by atoms with Crippen LogP contribution in [-0.2, 0) is 0 Å². The molecular weight excluding hydrogens is 134 g/mol. The highest BCUT2D eigenvalue weighted by molar-refractivity contribution is 4.67. The molecule has 0 aliphatic heterocycles. The lowest BCUT2D eigenvalue weighted by molar-refractivity contribution is 0.397. The molecule has 0 heterocycles. The van der Waals surface area contributed by atoms with Crippen LogP contribution in [0.3, 0.4) is 0 Å². The third-order valence-electron chi connectivity index (χ3n) is 1.18. The van der Waals surface area contributed by atoms with Gasteiger partial charge in [-0.05, 0) is 19.5 Å². The smallest absolute Gasteiger partial charge is 0.0169 e. The van der Waals surface area contributed by atoms with Gasteiger partial charge in [-0.15, -0.1) is 0 Å². The lowest BCUT2D eigenvalue weighted by Crippen LogP contribution is -2.16. The summed E-state index contributed by atoms with van der Waals surface area (Å²) in [6.45, 7) is 14.5. The highest BCUT2D eigenvalue weighted by atomic mass is 15.1. The summed E-state index contributed by atoms with van der Waals surface area (Å²) in [6.07, 6.45) is 4.35. The summed E-state index contributed by atoms with van der Waals surface area (Å²) in [6, 6.07) is 0. The van der Waals surface area contributed by atoms with E-state index in [0.29, 0.717) is 0 Å². The first-order chi connectivity index (χ1) is 5.26. The lowest BCUT2D eigenvalue weighted by atomic mass is 10.4. The van der Waals surface area contributed by atoms with Crippen LogP contribution in [-0.4, -0.2) is 18.0 Å². The van der Waals surface area contributed by atoms with Crippen molar-refractivity contribution >= 4 is 0 Å². The van der Waals surface area contributed by atoms with Crippen molar-refractivity contribution in [2.45, 2.75) is 40.5 Å². The average molecular weight is 157 g/mol. The first kappa shape index (κ1) is 13.2. The van der Waals surface area contributed by atoms with E-state index in [4.69, 9.17) is 0 Å². The molecular formula is C10H23N. The van der Waals surface area contributed by atoms with Crippen LogP contribution in [0.2, 0.25) is 0 Å². The molecule has 11 heavy (non-hydrogen) atoms. The van der Waals surface area contributed by atoms with E-state index in [1.807, 2.05) is 6.20 Å². The van der Waals surface area contributed by atoms with Crippen LogP contribution in [0.4, 0.5) is 0 Å². The predicted octanol–water partition coefficient (Wildman–Crippen LogP) is 3.28. The van der Waals surface area contributed by atoms with Gasteiger partial charge in [-0.25, -0.2) is 0 Å². The molecule has 0 aromatic heterocycles. The maximum atomic E-state index is 3.68. The van der Waals surface area contributed by atoms with Crippen molar-refractivity contribution in [2.24, 2.45) is 0 Å². The Hall–Kier alpha value is -0.460. The molecule has 0 aromatic carbocycles. The van der Waals surface area contributed by atoms with Crippen molar-refractivity contribution < 1.29 is 0 Å². The molecule has 0 saturated heterocycles. The van der Waals surface area contributed by atoms with E-state index in [2.05, 4.69) is 39.2 Å². The van der Waals surface area contributed by atoms with Crippen LogP contribution in [0, 0.1) is 0 Å². The molecule has 0 saturated carbocycles. The van der Waals surface area contributed by atoms with Gasteiger partial charge in [-0.2, -0.15) is 0 Å². The number of nitrogens with zero attached hydrogens (tertiary/aromatic N) is 1. The third-order valence-corrected chi connectivity index (χ3v) is 1.18. The van der Waals surface area contributed by atoms with Gasteiger partial charge in [0.15, 0.2) is 0 Å². The van der Waals surface area contributed by atoms with E-state index < -0.39 is 0 Å². The fourth-order valence-electron chi connectivity index (χ4n) is 0.666. The van der Waals surface area contributed by atoms with Crippen molar-refractivity contribution in [3.63, 3.8) is 0 Å². The third kappa shape index (κ3) is 12.7. The second-order valence-corrected chi connectivity index (χ2v) is 2.52. The second-order valence-electron chi connectivity index (χ2n) is 2.52. The van der Waals surface area contributed by atoms with Crippen molar-refractivity contribution in [1.82, 2.24) is 4.90 Å². The Bertz CT molecular complexity index is 69.3. The lowest BCUT2D eigenvalue weighted by Gasteiger charge is -2.14. The molecule has 0 amide bonds. The molecule has 0 aliphatic rings. The number of rotatable bonds is 4. The number of hydrogen-bond acceptors (Lipinski definition) is 1. The Kier molecular flexibility index (Phi) is 14.6. The van der Waals surface area contributed by atoms with E-state index in [0.717, 1.165) is 13.1 Å². The van der Waals surface area contributed by atoms with Crippen LogP contribution in [0.15, 0.2) is 12.8 Å². The van der Waals surface area contributed by atoms with Gasteiger partial charge >= 0.3 is 0 Å². The molecule has 0 fully saturated rings. The summed E-state index contributed by atoms with van der Waals surface area (Å²) in [7, 11) is 0. The van der Waals surface area contributed by atoms with Gasteiger partial charge in [-0.1, -0.05) is 33.8 Å². The minimum absolute atomic E-state index is 1.08. The Balaban J connectivity index is 0. The highest BCUT2D eigenvalue weighted by Gasteiger charge is 1.87. The van der Waals surface area contributed by atoms with Crippen molar-refractivity contribution in [3.8, 4) is 0 Å². The number of hydrogen-bond donors (Lipinski definition) is 0. The molecule has 0 N–H and O–H groups in total. The van der Waals surface area contributed by atoms with Crippen LogP contribution in [0.5, 0.6) is 0 Å². The van der Waals surface area contributed by atoms with Gasteiger partial charge in [0.1, 0.15) is 0 Å². The molecule has 0 spiro atoms. The molecule has 0 rings (SSSR count). The molecule has 0 radical (unpaired) electrons. The predicted molar refractivity (Wildman–Crippen MR) is 53.7 cm³/mol. The van der Waals surface area contributed by atoms with Crippen LogP contribution in [0.25, 0.3) is 0 Å². The molecule has 1 nitrogen and oxygen atoms in total. The summed E-state index contributed by atoms with van der Waals surface area (Å²) < 4.78 is 0. The molecule has 0 aromatic rings. The zero-order valence-corrected chi connectivity index (χ0v) is 8.56. The minimum Gasteiger partial charge on any atom is -0.378 e. The topological polar surface area (TPSA) is 3.24 Å². The van der Waals surface area contributed by atoms with Gasteiger partial charge in [0, 0.05) is 13.1 Å². The quantitative estimate of drug-likeness (QED) is 0.605. The van der Waals surface area contributed by atoms with Crippen molar-refractivity contribution in [3.05, 3.63) is 12.8 Å². The molecule has 0 atom stereocenters. The monoisotopic (exact) mass is 157 g/mol. The molecule has 0 unspecified atom stereocenters. The Labute approximate surface area is 72.1 Å². The van der Waals surface area contributed by atoms with Gasteiger partial charge in [0.25, 0.3) is 0 Å². The average Bonchev–Trinajstić information content (AvgIpc) is 2.02. The molecule has 68 valence electrons. The highest BCUT2D eigenvalue weighted by Crippen LogP contribution is 1.88. The molecule has 0 aliphatic carbocycles. The van der Waals surface area contributed by atoms with Crippen molar-refractivity contribution in [1.29, 1.82) is 0 Å². The summed E-state index contributed by atoms with van der Waals surface area (Å²) in [5, 5.41) is 0. The van der Waals surface area contributed by atoms with Crippen LogP contribution < -0.4 is 0 Å². The maximum absolute atomic E-state index is 3.68. The normalized spacial score (nSPS) is 8.00. The second kappa shape index (κ2) is 12.2. The molecule has 0 bridgehead atoms. The van der Waals surface area contributed by atoms with Crippen LogP contribution in [0.1, 0.15) is 40.5 Å². The van der Waals surface area contributed by atoms with E-state index in [1.165, 1.54) is 12.8 Å². The van der Waals surface area contributed by atoms with Gasteiger partial charge in [0.05, 0.1) is 0 Å². The van der Waals surface area contributed by atoms with E-state index >= 15 is 0 Å². The Morgan fingerprint density at radius 1 is 1.18 bits per heavy atom. The van der Waals surface area contributed by atoms with Gasteiger partial charge in [0.2, 0.25) is 0 Å². The summed E-state index contributed by atoms with van der Waals surface area (Å²) in [4.78, 5) is 2.19. The summed E-state index contributed by atoms with van der Waals surface area (Å²) in [5.74, 6) is 0. The fraction of sp³-hybridized carbons (Fsp3) is 0.800. The zero-order valence-electron chi connectivity index (χ0n) is 8.56. The minimum atomic E-state index is 1.08. The fourth-order valence-corrected chi connectivity index (χ4v) is 0.666. The van der Waals surface area contributed by atoms with E-state index in [9.17, 15) is 0 Å². The van der Waals surface area contributed by atoms with E-state index in [-0.39, 0.29) is 0 Å². The first-order valence-electron chi connectivity index (χ1n) is 4.63. The van der Waals surface area contributed by atoms with Gasteiger partial charge < -0.3 is 4.90 Å². The first-order valence-corrected chi connectivity index (χ1v) is 4.63. The molecule has 1 heteroatoms. The van der Waals surface area contributed by atoms with Crippen molar-refractivity contribution in [2.75, 3.05) is 13.1 Å². The SMILES string of the molecule is C=CN(CC)CCC.CCC.